The standard InChI is InChI=1S/C25H52N2O4S/c1-5-6-7-8-9-10-11-12-13-14-15-16-17-18-19-21-25(28)26-24(2)27(3,4)22-20-23-32(29,30)31/h24H,5-23H2,1-4H3,(H-,26,28,29,30,31)/p+1. The van der Waals surface area contributed by atoms with E-state index in [4.69, 9.17) is 4.55 Å². The monoisotopic (exact) mass is 477 g/mol. The second-order valence-corrected chi connectivity index (χ2v) is 11.7. The molecule has 7 heteroatoms. The molecule has 0 spiro atoms. The first-order valence-electron chi connectivity index (χ1n) is 13.2. The molecule has 0 rings (SSSR count). The van der Waals surface area contributed by atoms with Crippen LogP contribution < -0.4 is 5.32 Å². The van der Waals surface area contributed by atoms with E-state index in [2.05, 4.69) is 12.2 Å². The van der Waals surface area contributed by atoms with E-state index in [0.29, 0.717) is 23.9 Å². The van der Waals surface area contributed by atoms with Gasteiger partial charge >= 0.3 is 0 Å². The quantitative estimate of drug-likeness (QED) is 0.0858. The van der Waals surface area contributed by atoms with E-state index in [-0.39, 0.29) is 17.8 Å². The Kier molecular flexibility index (Phi) is 18.3. The lowest BCUT2D eigenvalue weighted by atomic mass is 10.0. The van der Waals surface area contributed by atoms with Crippen molar-refractivity contribution in [3.05, 3.63) is 0 Å². The predicted molar refractivity (Wildman–Crippen MR) is 135 cm³/mol. The zero-order valence-corrected chi connectivity index (χ0v) is 22.4. The molecule has 1 amide bonds. The maximum Gasteiger partial charge on any atom is 0.265 e. The molecular formula is C25H53N2O4S+. The van der Waals surface area contributed by atoms with E-state index in [0.717, 1.165) is 12.8 Å². The lowest BCUT2D eigenvalue weighted by Gasteiger charge is -2.36. The molecule has 0 aromatic rings. The molecule has 32 heavy (non-hydrogen) atoms. The maximum absolute atomic E-state index is 12.2. The van der Waals surface area contributed by atoms with Crippen molar-refractivity contribution in [3.8, 4) is 0 Å². The van der Waals surface area contributed by atoms with Gasteiger partial charge in [-0.2, -0.15) is 8.42 Å². The van der Waals surface area contributed by atoms with Crippen LogP contribution in [0.4, 0.5) is 0 Å². The van der Waals surface area contributed by atoms with E-state index in [1.165, 1.54) is 83.5 Å². The third-order valence-corrected chi connectivity index (χ3v) is 7.37. The third kappa shape index (κ3) is 20.0. The number of rotatable bonds is 22. The Morgan fingerprint density at radius 1 is 0.781 bits per heavy atom. The van der Waals surface area contributed by atoms with Gasteiger partial charge in [-0.15, -0.1) is 0 Å². The van der Waals surface area contributed by atoms with E-state index >= 15 is 0 Å². The highest BCUT2D eigenvalue weighted by Crippen LogP contribution is 2.14. The smallest absolute Gasteiger partial charge is 0.265 e. The highest BCUT2D eigenvalue weighted by molar-refractivity contribution is 7.85. The molecule has 0 aliphatic carbocycles. The Morgan fingerprint density at radius 2 is 1.19 bits per heavy atom. The van der Waals surface area contributed by atoms with Crippen LogP contribution in [0.15, 0.2) is 0 Å². The first kappa shape index (κ1) is 31.3. The Labute approximate surface area is 199 Å². The number of carbonyl (C=O) groups is 1. The van der Waals surface area contributed by atoms with Crippen LogP contribution in [0.25, 0.3) is 0 Å². The van der Waals surface area contributed by atoms with Gasteiger partial charge in [0.2, 0.25) is 5.91 Å². The Balaban J connectivity index is 3.59. The summed E-state index contributed by atoms with van der Waals surface area (Å²) < 4.78 is 31.1. The van der Waals surface area contributed by atoms with Crippen molar-refractivity contribution in [2.24, 2.45) is 0 Å². The van der Waals surface area contributed by atoms with Crippen molar-refractivity contribution < 1.29 is 22.2 Å². The molecule has 0 saturated heterocycles. The van der Waals surface area contributed by atoms with Crippen molar-refractivity contribution in [1.29, 1.82) is 0 Å². The summed E-state index contributed by atoms with van der Waals surface area (Å²) in [6, 6.07) is 0. The Hall–Kier alpha value is -0.660. The average Bonchev–Trinajstić information content (AvgIpc) is 2.69. The summed E-state index contributed by atoms with van der Waals surface area (Å²) >= 11 is 0. The molecule has 0 aliphatic heterocycles. The molecule has 6 nitrogen and oxygen atoms in total. The molecule has 1 unspecified atom stereocenters. The van der Waals surface area contributed by atoms with Crippen LogP contribution >= 0.6 is 0 Å². The zero-order valence-electron chi connectivity index (χ0n) is 21.5. The second kappa shape index (κ2) is 18.7. The molecular weight excluding hydrogens is 424 g/mol. The highest BCUT2D eigenvalue weighted by Gasteiger charge is 2.25. The first-order chi connectivity index (χ1) is 15.1. The van der Waals surface area contributed by atoms with Crippen LogP contribution in [0.3, 0.4) is 0 Å². The summed E-state index contributed by atoms with van der Waals surface area (Å²) in [6.07, 6.45) is 20.5. The van der Waals surface area contributed by atoms with Crippen molar-refractivity contribution in [2.45, 2.75) is 129 Å². The number of unbranched alkanes of at least 4 members (excludes halogenated alkanes) is 14. The fourth-order valence-electron chi connectivity index (χ4n) is 3.98. The molecule has 1 atom stereocenters. The fraction of sp³-hybridized carbons (Fsp3) is 0.960. The molecule has 0 saturated carbocycles. The summed E-state index contributed by atoms with van der Waals surface area (Å²) in [5.41, 5.74) is 0. The van der Waals surface area contributed by atoms with Gasteiger partial charge in [-0.05, 0) is 6.42 Å². The molecule has 0 heterocycles. The van der Waals surface area contributed by atoms with Gasteiger partial charge in [-0.3, -0.25) is 9.35 Å². The van der Waals surface area contributed by atoms with Gasteiger partial charge in [-0.1, -0.05) is 96.8 Å². The van der Waals surface area contributed by atoms with Crippen LogP contribution in [0, 0.1) is 0 Å². The summed E-state index contributed by atoms with van der Waals surface area (Å²) in [7, 11) is -0.00403. The number of nitrogens with zero attached hydrogens (tertiary/aromatic N) is 1. The summed E-state index contributed by atoms with van der Waals surface area (Å²) in [5, 5.41) is 3.04. The van der Waals surface area contributed by atoms with Gasteiger partial charge < -0.3 is 9.80 Å². The topological polar surface area (TPSA) is 83.5 Å². The average molecular weight is 478 g/mol. The molecule has 0 fully saturated rings. The molecule has 0 aliphatic rings. The largest absolute Gasteiger partial charge is 0.309 e. The summed E-state index contributed by atoms with van der Waals surface area (Å²) in [6.45, 7) is 4.78. The number of quaternary nitrogens is 1. The van der Waals surface area contributed by atoms with E-state index in [1.54, 1.807) is 0 Å². The minimum atomic E-state index is -3.93. The van der Waals surface area contributed by atoms with E-state index < -0.39 is 10.1 Å². The molecule has 2 N–H and O–H groups in total. The van der Waals surface area contributed by atoms with Gasteiger partial charge in [0.1, 0.15) is 0 Å². The van der Waals surface area contributed by atoms with E-state index in [9.17, 15) is 13.2 Å². The molecule has 0 radical (unpaired) electrons. The Bertz CT molecular complexity index is 564. The van der Waals surface area contributed by atoms with Crippen LogP contribution in [0.1, 0.15) is 123 Å². The molecule has 0 aromatic carbocycles. The third-order valence-electron chi connectivity index (χ3n) is 6.56. The maximum atomic E-state index is 12.2. The lowest BCUT2D eigenvalue weighted by Crippen LogP contribution is -2.56. The number of hydrogen-bond acceptors (Lipinski definition) is 3. The number of hydrogen-bond donors (Lipinski definition) is 2. The van der Waals surface area contributed by atoms with Crippen LogP contribution in [-0.2, 0) is 14.9 Å². The highest BCUT2D eigenvalue weighted by atomic mass is 32.2. The minimum Gasteiger partial charge on any atom is -0.309 e. The fourth-order valence-corrected chi connectivity index (χ4v) is 4.48. The zero-order chi connectivity index (χ0) is 24.3. The van der Waals surface area contributed by atoms with Gasteiger partial charge in [-0.25, -0.2) is 0 Å². The molecule has 0 bridgehead atoms. The summed E-state index contributed by atoms with van der Waals surface area (Å²) in [5.74, 6) is -0.178. The number of nitrogens with one attached hydrogen (secondary N) is 1. The number of carbonyl (C=O) groups excluding carboxylic acids is 1. The molecule has 192 valence electrons. The van der Waals surface area contributed by atoms with Crippen molar-refractivity contribution in [3.63, 3.8) is 0 Å². The normalized spacial score (nSPS) is 13.3. The number of amides is 1. The minimum absolute atomic E-state index is 0.0631. The lowest BCUT2D eigenvalue weighted by molar-refractivity contribution is -0.915. The first-order valence-corrected chi connectivity index (χ1v) is 14.8. The Morgan fingerprint density at radius 3 is 1.59 bits per heavy atom. The van der Waals surface area contributed by atoms with Crippen molar-refractivity contribution in [1.82, 2.24) is 5.32 Å². The SMILES string of the molecule is CCCCCCCCCCCCCCCCCC(=O)NC(C)[N+](C)(C)CCCS(=O)(=O)O. The van der Waals surface area contributed by atoms with Gasteiger partial charge in [0, 0.05) is 19.8 Å². The van der Waals surface area contributed by atoms with Crippen LogP contribution in [0.2, 0.25) is 0 Å². The van der Waals surface area contributed by atoms with Crippen LogP contribution in [0.5, 0.6) is 0 Å². The van der Waals surface area contributed by atoms with Gasteiger partial charge in [0.15, 0.2) is 6.17 Å². The predicted octanol–water partition coefficient (Wildman–Crippen LogP) is 6.06. The second-order valence-electron chi connectivity index (χ2n) is 10.1. The summed E-state index contributed by atoms with van der Waals surface area (Å²) in [4.78, 5) is 12.2. The van der Waals surface area contributed by atoms with Gasteiger partial charge in [0.25, 0.3) is 10.1 Å². The van der Waals surface area contributed by atoms with E-state index in [1.807, 2.05) is 21.0 Å². The van der Waals surface area contributed by atoms with Crippen molar-refractivity contribution in [2.75, 3.05) is 26.4 Å². The van der Waals surface area contributed by atoms with Crippen LogP contribution in [-0.4, -0.2) is 55.9 Å². The van der Waals surface area contributed by atoms with Gasteiger partial charge in [0.05, 0.1) is 26.4 Å². The molecule has 0 aromatic heterocycles. The van der Waals surface area contributed by atoms with Crippen molar-refractivity contribution >= 4 is 16.0 Å².